The molecule has 1 fully saturated rings. The first-order valence-corrected chi connectivity index (χ1v) is 8.25. The van der Waals surface area contributed by atoms with Crippen molar-refractivity contribution in [1.29, 1.82) is 0 Å². The SMILES string of the molecule is COc1cccc(OC)c1C(=O)NCCC1CCCCCC1. The summed E-state index contributed by atoms with van der Waals surface area (Å²) in [7, 11) is 3.13. The zero-order valence-electron chi connectivity index (χ0n) is 13.7. The molecule has 4 heteroatoms. The molecule has 22 heavy (non-hydrogen) atoms. The van der Waals surface area contributed by atoms with Gasteiger partial charge in [-0.05, 0) is 24.5 Å². The van der Waals surface area contributed by atoms with Gasteiger partial charge in [0.1, 0.15) is 17.1 Å². The Kier molecular flexibility index (Phi) is 6.56. The second kappa shape index (κ2) is 8.66. The maximum Gasteiger partial charge on any atom is 0.258 e. The van der Waals surface area contributed by atoms with E-state index in [9.17, 15) is 4.79 Å². The summed E-state index contributed by atoms with van der Waals surface area (Å²) in [6, 6.07) is 5.38. The van der Waals surface area contributed by atoms with Crippen LogP contribution in [0, 0.1) is 5.92 Å². The zero-order chi connectivity index (χ0) is 15.8. The number of amides is 1. The molecule has 122 valence electrons. The molecule has 1 amide bonds. The lowest BCUT2D eigenvalue weighted by Gasteiger charge is -2.16. The van der Waals surface area contributed by atoms with Crippen LogP contribution in [-0.2, 0) is 0 Å². The molecule has 0 heterocycles. The van der Waals surface area contributed by atoms with E-state index in [-0.39, 0.29) is 5.91 Å². The molecule has 1 N–H and O–H groups in total. The Morgan fingerprint density at radius 1 is 1.09 bits per heavy atom. The van der Waals surface area contributed by atoms with Gasteiger partial charge in [0.05, 0.1) is 14.2 Å². The van der Waals surface area contributed by atoms with Gasteiger partial charge in [-0.15, -0.1) is 0 Å². The molecule has 2 rings (SSSR count). The number of methoxy groups -OCH3 is 2. The Morgan fingerprint density at radius 2 is 1.68 bits per heavy atom. The zero-order valence-corrected chi connectivity index (χ0v) is 13.7. The molecule has 0 atom stereocenters. The third-order valence-corrected chi connectivity index (χ3v) is 4.47. The van der Waals surface area contributed by atoms with Crippen LogP contribution in [0.4, 0.5) is 0 Å². The molecule has 4 nitrogen and oxygen atoms in total. The van der Waals surface area contributed by atoms with Crippen molar-refractivity contribution in [3.05, 3.63) is 23.8 Å². The third-order valence-electron chi connectivity index (χ3n) is 4.47. The van der Waals surface area contributed by atoms with Crippen LogP contribution in [0.5, 0.6) is 11.5 Å². The monoisotopic (exact) mass is 305 g/mol. The summed E-state index contributed by atoms with van der Waals surface area (Å²) in [5.41, 5.74) is 0.480. The summed E-state index contributed by atoms with van der Waals surface area (Å²) in [4.78, 5) is 12.4. The summed E-state index contributed by atoms with van der Waals surface area (Å²) in [5.74, 6) is 1.72. The molecule has 0 unspecified atom stereocenters. The van der Waals surface area contributed by atoms with Gasteiger partial charge in [0, 0.05) is 6.54 Å². The lowest BCUT2D eigenvalue weighted by Crippen LogP contribution is -2.26. The fourth-order valence-corrected chi connectivity index (χ4v) is 3.21. The third kappa shape index (κ3) is 4.39. The van der Waals surface area contributed by atoms with E-state index in [1.807, 2.05) is 6.07 Å². The number of carbonyl (C=O) groups excluding carboxylic acids is 1. The molecule has 0 bridgehead atoms. The minimum absolute atomic E-state index is 0.122. The number of ether oxygens (including phenoxy) is 2. The predicted molar refractivity (Wildman–Crippen MR) is 87.7 cm³/mol. The standard InChI is InChI=1S/C18H27NO3/c1-21-15-10-7-11-16(22-2)17(15)18(20)19-13-12-14-8-5-3-4-6-9-14/h7,10-11,14H,3-6,8-9,12-13H2,1-2H3,(H,19,20). The van der Waals surface area contributed by atoms with Crippen LogP contribution < -0.4 is 14.8 Å². The Morgan fingerprint density at radius 3 is 2.23 bits per heavy atom. The highest BCUT2D eigenvalue weighted by Gasteiger charge is 2.18. The van der Waals surface area contributed by atoms with Crippen LogP contribution in [0.3, 0.4) is 0 Å². The highest BCUT2D eigenvalue weighted by Crippen LogP contribution is 2.28. The quantitative estimate of drug-likeness (QED) is 0.813. The first kappa shape index (κ1) is 16.7. The van der Waals surface area contributed by atoms with Gasteiger partial charge in [0.25, 0.3) is 5.91 Å². The second-order valence-corrected chi connectivity index (χ2v) is 5.94. The first-order valence-electron chi connectivity index (χ1n) is 8.25. The van der Waals surface area contributed by atoms with Crippen molar-refractivity contribution in [1.82, 2.24) is 5.32 Å². The summed E-state index contributed by atoms with van der Waals surface area (Å²) < 4.78 is 10.6. The van der Waals surface area contributed by atoms with E-state index < -0.39 is 0 Å². The average Bonchev–Trinajstić information content (AvgIpc) is 2.82. The topological polar surface area (TPSA) is 47.6 Å². The van der Waals surface area contributed by atoms with Crippen LogP contribution in [0.25, 0.3) is 0 Å². The van der Waals surface area contributed by atoms with Gasteiger partial charge in [0.15, 0.2) is 0 Å². The fourth-order valence-electron chi connectivity index (χ4n) is 3.21. The van der Waals surface area contributed by atoms with Crippen LogP contribution >= 0.6 is 0 Å². The van der Waals surface area contributed by atoms with Crippen molar-refractivity contribution in [2.75, 3.05) is 20.8 Å². The molecule has 1 aliphatic rings. The van der Waals surface area contributed by atoms with Gasteiger partial charge in [-0.25, -0.2) is 0 Å². The van der Waals surface area contributed by atoms with Gasteiger partial charge in [-0.3, -0.25) is 4.79 Å². The largest absolute Gasteiger partial charge is 0.496 e. The Balaban J connectivity index is 1.91. The summed E-state index contributed by atoms with van der Waals surface area (Å²) in [6.45, 7) is 0.713. The molecule has 1 aliphatic carbocycles. The minimum atomic E-state index is -0.122. The smallest absolute Gasteiger partial charge is 0.258 e. The maximum atomic E-state index is 12.4. The van der Waals surface area contributed by atoms with Crippen LogP contribution in [-0.4, -0.2) is 26.7 Å². The number of nitrogens with one attached hydrogen (secondary N) is 1. The lowest BCUT2D eigenvalue weighted by molar-refractivity contribution is 0.0944. The van der Waals surface area contributed by atoms with Gasteiger partial charge >= 0.3 is 0 Å². The van der Waals surface area contributed by atoms with Crippen molar-refractivity contribution < 1.29 is 14.3 Å². The summed E-state index contributed by atoms with van der Waals surface area (Å²) in [5, 5.41) is 3.02. The van der Waals surface area contributed by atoms with Gasteiger partial charge in [-0.2, -0.15) is 0 Å². The number of hydrogen-bond donors (Lipinski definition) is 1. The van der Waals surface area contributed by atoms with E-state index >= 15 is 0 Å². The highest BCUT2D eigenvalue weighted by molar-refractivity contribution is 5.99. The fraction of sp³-hybridized carbons (Fsp3) is 0.611. The van der Waals surface area contributed by atoms with Gasteiger partial charge in [-0.1, -0.05) is 44.6 Å². The number of hydrogen-bond acceptors (Lipinski definition) is 3. The van der Waals surface area contributed by atoms with Crippen molar-refractivity contribution in [2.45, 2.75) is 44.9 Å². The van der Waals surface area contributed by atoms with E-state index in [1.165, 1.54) is 38.5 Å². The van der Waals surface area contributed by atoms with Crippen LogP contribution in [0.1, 0.15) is 55.3 Å². The van der Waals surface area contributed by atoms with Gasteiger partial charge < -0.3 is 14.8 Å². The normalized spacial score (nSPS) is 15.9. The van der Waals surface area contributed by atoms with Crippen molar-refractivity contribution in [3.63, 3.8) is 0 Å². The first-order chi connectivity index (χ1) is 10.8. The average molecular weight is 305 g/mol. The van der Waals surface area contributed by atoms with E-state index in [2.05, 4.69) is 5.32 Å². The lowest BCUT2D eigenvalue weighted by atomic mass is 9.97. The van der Waals surface area contributed by atoms with Crippen LogP contribution in [0.15, 0.2) is 18.2 Å². The Hall–Kier alpha value is -1.71. The molecule has 1 aromatic rings. The van der Waals surface area contributed by atoms with E-state index in [0.717, 1.165) is 12.3 Å². The van der Waals surface area contributed by atoms with Crippen molar-refractivity contribution in [3.8, 4) is 11.5 Å². The Labute approximate surface area is 133 Å². The summed E-state index contributed by atoms with van der Waals surface area (Å²) >= 11 is 0. The van der Waals surface area contributed by atoms with E-state index in [4.69, 9.17) is 9.47 Å². The highest BCUT2D eigenvalue weighted by atomic mass is 16.5. The molecule has 0 spiro atoms. The Bertz CT molecular complexity index is 457. The molecule has 0 aliphatic heterocycles. The van der Waals surface area contributed by atoms with Crippen LogP contribution in [0.2, 0.25) is 0 Å². The molecule has 0 aromatic heterocycles. The maximum absolute atomic E-state index is 12.4. The molecular weight excluding hydrogens is 278 g/mol. The van der Waals surface area contributed by atoms with Crippen molar-refractivity contribution in [2.24, 2.45) is 5.92 Å². The van der Waals surface area contributed by atoms with E-state index in [1.54, 1.807) is 26.4 Å². The van der Waals surface area contributed by atoms with Gasteiger partial charge in [0.2, 0.25) is 0 Å². The number of benzene rings is 1. The molecular formula is C18H27NO3. The van der Waals surface area contributed by atoms with E-state index in [0.29, 0.717) is 23.6 Å². The second-order valence-electron chi connectivity index (χ2n) is 5.94. The summed E-state index contributed by atoms with van der Waals surface area (Å²) in [6.07, 6.45) is 9.05. The molecule has 1 saturated carbocycles. The van der Waals surface area contributed by atoms with Crippen molar-refractivity contribution >= 4 is 5.91 Å². The number of rotatable bonds is 6. The molecule has 0 saturated heterocycles. The molecule has 1 aromatic carbocycles. The predicted octanol–water partition coefficient (Wildman–Crippen LogP) is 3.79. The number of carbonyl (C=O) groups is 1. The minimum Gasteiger partial charge on any atom is -0.496 e. The molecule has 0 radical (unpaired) electrons.